The first kappa shape index (κ1) is 9.15. The largest absolute Gasteiger partial charge is 0.378 e. The fourth-order valence-corrected chi connectivity index (χ4v) is 1.76. The standard InChI is InChI=1S/C8H11BrN2O2/c9-8-10-7(11-13-8)5-6-3-1-2-4-12-6/h6H,1-5H2. The van der Waals surface area contributed by atoms with Crippen molar-refractivity contribution in [2.24, 2.45) is 0 Å². The molecule has 13 heavy (non-hydrogen) atoms. The van der Waals surface area contributed by atoms with E-state index in [1.165, 1.54) is 12.8 Å². The fraction of sp³-hybridized carbons (Fsp3) is 0.750. The van der Waals surface area contributed by atoms with Gasteiger partial charge in [0.1, 0.15) is 0 Å². The molecule has 5 heteroatoms. The second-order valence-electron chi connectivity index (χ2n) is 3.16. The Labute approximate surface area is 84.8 Å². The minimum Gasteiger partial charge on any atom is -0.378 e. The molecule has 0 bridgehead atoms. The zero-order valence-corrected chi connectivity index (χ0v) is 8.79. The van der Waals surface area contributed by atoms with Crippen molar-refractivity contribution in [1.29, 1.82) is 0 Å². The van der Waals surface area contributed by atoms with Crippen molar-refractivity contribution < 1.29 is 9.26 Å². The van der Waals surface area contributed by atoms with Gasteiger partial charge in [-0.2, -0.15) is 4.98 Å². The summed E-state index contributed by atoms with van der Waals surface area (Å²) in [4.78, 5) is 4.51. The number of nitrogens with zero attached hydrogens (tertiary/aromatic N) is 2. The van der Waals surface area contributed by atoms with Crippen molar-refractivity contribution in [1.82, 2.24) is 10.1 Å². The van der Waals surface area contributed by atoms with Gasteiger partial charge in [-0.3, -0.25) is 0 Å². The van der Waals surface area contributed by atoms with Gasteiger partial charge in [0, 0.05) is 29.0 Å². The lowest BCUT2D eigenvalue weighted by molar-refractivity contribution is 0.0153. The highest BCUT2D eigenvalue weighted by Crippen LogP contribution is 2.16. The molecule has 1 unspecified atom stereocenters. The molecule has 0 aromatic carbocycles. The van der Waals surface area contributed by atoms with E-state index in [4.69, 9.17) is 9.26 Å². The van der Waals surface area contributed by atoms with E-state index < -0.39 is 0 Å². The van der Waals surface area contributed by atoms with Crippen LogP contribution >= 0.6 is 15.9 Å². The van der Waals surface area contributed by atoms with Gasteiger partial charge in [0.15, 0.2) is 5.82 Å². The molecule has 1 fully saturated rings. The zero-order chi connectivity index (χ0) is 9.10. The van der Waals surface area contributed by atoms with E-state index in [-0.39, 0.29) is 6.10 Å². The summed E-state index contributed by atoms with van der Waals surface area (Å²) < 4.78 is 10.4. The van der Waals surface area contributed by atoms with Gasteiger partial charge < -0.3 is 9.26 Å². The summed E-state index contributed by atoms with van der Waals surface area (Å²) in [6, 6.07) is 0. The van der Waals surface area contributed by atoms with Gasteiger partial charge in [-0.1, -0.05) is 5.16 Å². The summed E-state index contributed by atoms with van der Waals surface area (Å²) in [7, 11) is 0. The Morgan fingerprint density at radius 1 is 1.46 bits per heavy atom. The third kappa shape index (κ3) is 2.51. The van der Waals surface area contributed by atoms with Crippen LogP contribution in [0.5, 0.6) is 0 Å². The van der Waals surface area contributed by atoms with Crippen molar-refractivity contribution in [3.05, 3.63) is 10.6 Å². The highest BCUT2D eigenvalue weighted by atomic mass is 79.9. The van der Waals surface area contributed by atoms with Gasteiger partial charge in [0.05, 0.1) is 6.10 Å². The summed E-state index contributed by atoms with van der Waals surface area (Å²) in [5.41, 5.74) is 0. The lowest BCUT2D eigenvalue weighted by atomic mass is 10.1. The molecular weight excluding hydrogens is 236 g/mol. The van der Waals surface area contributed by atoms with Crippen molar-refractivity contribution >= 4 is 15.9 Å². The molecule has 0 amide bonds. The van der Waals surface area contributed by atoms with Crippen molar-refractivity contribution in [3.8, 4) is 0 Å². The van der Waals surface area contributed by atoms with Crippen LogP contribution in [-0.2, 0) is 11.2 Å². The summed E-state index contributed by atoms with van der Waals surface area (Å²) in [5.74, 6) is 0.721. The van der Waals surface area contributed by atoms with Crippen molar-refractivity contribution in [2.75, 3.05) is 6.61 Å². The molecular formula is C8H11BrN2O2. The van der Waals surface area contributed by atoms with Crippen LogP contribution in [0.2, 0.25) is 0 Å². The number of hydrogen-bond acceptors (Lipinski definition) is 4. The maximum absolute atomic E-state index is 5.55. The average Bonchev–Trinajstić information content (AvgIpc) is 2.53. The van der Waals surface area contributed by atoms with Gasteiger partial charge in [0.2, 0.25) is 0 Å². The van der Waals surface area contributed by atoms with Crippen LogP contribution in [-0.4, -0.2) is 22.9 Å². The second kappa shape index (κ2) is 4.19. The lowest BCUT2D eigenvalue weighted by Crippen LogP contribution is -2.21. The van der Waals surface area contributed by atoms with Crippen molar-refractivity contribution in [2.45, 2.75) is 31.8 Å². The van der Waals surface area contributed by atoms with E-state index in [1.54, 1.807) is 0 Å². The molecule has 0 radical (unpaired) electrons. The molecule has 1 aromatic heterocycles. The molecule has 0 aliphatic carbocycles. The van der Waals surface area contributed by atoms with Crippen LogP contribution in [0.1, 0.15) is 25.1 Å². The third-order valence-electron chi connectivity index (χ3n) is 2.13. The second-order valence-corrected chi connectivity index (χ2v) is 3.83. The van der Waals surface area contributed by atoms with Gasteiger partial charge in [-0.15, -0.1) is 0 Å². The Morgan fingerprint density at radius 3 is 3.00 bits per heavy atom. The molecule has 2 rings (SSSR count). The van der Waals surface area contributed by atoms with Gasteiger partial charge in [-0.25, -0.2) is 0 Å². The first-order chi connectivity index (χ1) is 6.34. The van der Waals surface area contributed by atoms with E-state index in [1.807, 2.05) is 0 Å². The Kier molecular flexibility index (Phi) is 2.95. The summed E-state index contributed by atoms with van der Waals surface area (Å²) >= 11 is 3.12. The molecule has 1 aliphatic heterocycles. The van der Waals surface area contributed by atoms with Gasteiger partial charge in [0.25, 0.3) is 4.80 Å². The van der Waals surface area contributed by atoms with Crippen LogP contribution < -0.4 is 0 Å². The van der Waals surface area contributed by atoms with Crippen LogP contribution in [0.3, 0.4) is 0 Å². The van der Waals surface area contributed by atoms with Crippen LogP contribution in [0, 0.1) is 0 Å². The quantitative estimate of drug-likeness (QED) is 0.801. The Hall–Kier alpha value is -0.420. The maximum atomic E-state index is 5.55. The fourth-order valence-electron chi connectivity index (χ4n) is 1.49. The Morgan fingerprint density at radius 2 is 2.38 bits per heavy atom. The third-order valence-corrected chi connectivity index (χ3v) is 2.45. The van der Waals surface area contributed by atoms with Crippen LogP contribution in [0.25, 0.3) is 0 Å². The molecule has 1 atom stereocenters. The number of ether oxygens (including phenoxy) is 1. The predicted octanol–water partition coefficient (Wildman–Crippen LogP) is 1.94. The summed E-state index contributed by atoms with van der Waals surface area (Å²) in [5, 5.41) is 3.80. The minimum atomic E-state index is 0.276. The molecule has 0 N–H and O–H groups in total. The number of rotatable bonds is 2. The molecule has 0 saturated carbocycles. The molecule has 2 heterocycles. The molecule has 1 aromatic rings. The molecule has 4 nitrogen and oxygen atoms in total. The lowest BCUT2D eigenvalue weighted by Gasteiger charge is -2.20. The van der Waals surface area contributed by atoms with E-state index in [2.05, 4.69) is 26.1 Å². The monoisotopic (exact) mass is 246 g/mol. The number of aromatic nitrogens is 2. The topological polar surface area (TPSA) is 48.2 Å². The maximum Gasteiger partial charge on any atom is 0.293 e. The van der Waals surface area contributed by atoms with E-state index in [0.717, 1.165) is 25.3 Å². The molecule has 0 spiro atoms. The van der Waals surface area contributed by atoms with E-state index >= 15 is 0 Å². The van der Waals surface area contributed by atoms with E-state index in [9.17, 15) is 0 Å². The van der Waals surface area contributed by atoms with Crippen LogP contribution in [0.4, 0.5) is 0 Å². The Bertz CT molecular complexity index is 271. The van der Waals surface area contributed by atoms with Crippen molar-refractivity contribution in [3.63, 3.8) is 0 Å². The molecule has 1 saturated heterocycles. The zero-order valence-electron chi connectivity index (χ0n) is 7.20. The highest BCUT2D eigenvalue weighted by molar-refractivity contribution is 9.10. The van der Waals surface area contributed by atoms with Crippen LogP contribution in [0.15, 0.2) is 9.32 Å². The summed E-state index contributed by atoms with van der Waals surface area (Å²) in [6.07, 6.45) is 4.55. The SMILES string of the molecule is Brc1nc(CC2CCCCO2)no1. The number of halogens is 1. The Balaban J connectivity index is 1.89. The smallest absolute Gasteiger partial charge is 0.293 e. The first-order valence-electron chi connectivity index (χ1n) is 4.44. The first-order valence-corrected chi connectivity index (χ1v) is 5.23. The molecule has 1 aliphatic rings. The minimum absolute atomic E-state index is 0.276. The highest BCUT2D eigenvalue weighted by Gasteiger charge is 2.16. The average molecular weight is 247 g/mol. The van der Waals surface area contributed by atoms with E-state index in [0.29, 0.717) is 4.80 Å². The normalized spacial score (nSPS) is 23.3. The molecule has 72 valence electrons. The summed E-state index contributed by atoms with van der Waals surface area (Å²) in [6.45, 7) is 0.865. The van der Waals surface area contributed by atoms with Gasteiger partial charge in [-0.05, 0) is 19.3 Å². The van der Waals surface area contributed by atoms with Gasteiger partial charge >= 0.3 is 0 Å². The number of hydrogen-bond donors (Lipinski definition) is 0. The predicted molar refractivity (Wildman–Crippen MR) is 49.3 cm³/mol.